The van der Waals surface area contributed by atoms with Crippen LogP contribution < -0.4 is 0 Å². The molecule has 0 radical (unpaired) electrons. The van der Waals surface area contributed by atoms with Crippen molar-refractivity contribution < 1.29 is 9.53 Å². The first-order valence-corrected chi connectivity index (χ1v) is 8.89. The van der Waals surface area contributed by atoms with E-state index in [1.807, 2.05) is 81.4 Å². The molecule has 0 fully saturated rings. The van der Waals surface area contributed by atoms with Crippen molar-refractivity contribution >= 4 is 17.4 Å². The van der Waals surface area contributed by atoms with E-state index in [-0.39, 0.29) is 5.91 Å². The number of hydrogen-bond acceptors (Lipinski definition) is 4. The molecule has 0 atom stereocenters. The maximum atomic E-state index is 13.1. The van der Waals surface area contributed by atoms with Gasteiger partial charge in [0, 0.05) is 32.3 Å². The molecule has 0 N–H and O–H groups in total. The van der Waals surface area contributed by atoms with Gasteiger partial charge in [-0.05, 0) is 26.0 Å². The van der Waals surface area contributed by atoms with E-state index in [0.29, 0.717) is 17.1 Å². The molecule has 1 aliphatic rings. The summed E-state index contributed by atoms with van der Waals surface area (Å²) in [6.07, 6.45) is 0. The van der Waals surface area contributed by atoms with Crippen LogP contribution in [0.2, 0.25) is 0 Å². The van der Waals surface area contributed by atoms with Gasteiger partial charge in [-0.1, -0.05) is 48.5 Å². The lowest BCUT2D eigenvalue weighted by Crippen LogP contribution is -2.39. The molecule has 0 spiro atoms. The molecule has 3 rings (SSSR count). The van der Waals surface area contributed by atoms with Crippen LogP contribution in [0.3, 0.4) is 0 Å². The predicted molar refractivity (Wildman–Crippen MR) is 108 cm³/mol. The third-order valence-corrected chi connectivity index (χ3v) is 4.43. The number of benzene rings is 2. The highest BCUT2D eigenvalue weighted by molar-refractivity contribution is 6.00. The molecular weight excluding hydrogens is 338 g/mol. The number of likely N-dealkylation sites (N-methyl/N-ethyl adjacent to an activating group) is 1. The maximum Gasteiger partial charge on any atom is 0.258 e. The van der Waals surface area contributed by atoms with Crippen LogP contribution in [-0.2, 0) is 4.74 Å². The van der Waals surface area contributed by atoms with Crippen LogP contribution in [0.15, 0.2) is 71.5 Å². The quantitative estimate of drug-likeness (QED) is 0.832. The largest absolute Gasteiger partial charge is 0.462 e. The minimum atomic E-state index is -0.574. The molecule has 5 nitrogen and oxygen atoms in total. The van der Waals surface area contributed by atoms with Gasteiger partial charge in [0.05, 0.1) is 0 Å². The van der Waals surface area contributed by atoms with E-state index < -0.39 is 5.60 Å². The highest BCUT2D eigenvalue weighted by Crippen LogP contribution is 2.34. The standard InChI is InChI=1S/C22H25N3O2/c1-22(2)21(24(3)4)23-19(27-22)18(16-12-8-6-9-13-16)25(5)20(26)17-14-10-7-11-15-17/h6-15H,1-5H3/b19-18-. The predicted octanol–water partition coefficient (Wildman–Crippen LogP) is 3.85. The van der Waals surface area contributed by atoms with Crippen molar-refractivity contribution in [3.63, 3.8) is 0 Å². The lowest BCUT2D eigenvalue weighted by molar-refractivity contribution is 0.0832. The number of rotatable bonds is 3. The molecule has 2 aromatic carbocycles. The summed E-state index contributed by atoms with van der Waals surface area (Å²) < 4.78 is 6.19. The van der Waals surface area contributed by atoms with Crippen molar-refractivity contribution in [2.75, 3.05) is 21.1 Å². The van der Waals surface area contributed by atoms with E-state index in [4.69, 9.17) is 9.73 Å². The van der Waals surface area contributed by atoms with E-state index in [0.717, 1.165) is 11.4 Å². The zero-order valence-electron chi connectivity index (χ0n) is 16.4. The van der Waals surface area contributed by atoms with Gasteiger partial charge in [0.15, 0.2) is 11.4 Å². The molecule has 0 saturated heterocycles. The van der Waals surface area contributed by atoms with E-state index in [1.165, 1.54) is 0 Å². The summed E-state index contributed by atoms with van der Waals surface area (Å²) in [4.78, 5) is 21.3. The highest BCUT2D eigenvalue weighted by Gasteiger charge is 2.38. The third-order valence-electron chi connectivity index (χ3n) is 4.43. The minimum absolute atomic E-state index is 0.114. The van der Waals surface area contributed by atoms with Gasteiger partial charge in [-0.15, -0.1) is 0 Å². The first-order valence-electron chi connectivity index (χ1n) is 8.89. The number of carbonyl (C=O) groups excluding carboxylic acids is 1. The molecule has 0 saturated carbocycles. The number of carbonyl (C=O) groups is 1. The molecule has 0 bridgehead atoms. The van der Waals surface area contributed by atoms with Gasteiger partial charge >= 0.3 is 0 Å². The lowest BCUT2D eigenvalue weighted by Gasteiger charge is -2.26. The van der Waals surface area contributed by atoms with E-state index >= 15 is 0 Å². The summed E-state index contributed by atoms with van der Waals surface area (Å²) in [5, 5.41) is 0. The highest BCUT2D eigenvalue weighted by atomic mass is 16.5. The molecule has 2 aromatic rings. The Bertz CT molecular complexity index is 884. The Hall–Kier alpha value is -3.08. The second kappa shape index (κ2) is 7.27. The number of amides is 1. The Balaban J connectivity index is 2.13. The Kier molecular flexibility index (Phi) is 5.04. The summed E-state index contributed by atoms with van der Waals surface area (Å²) in [6, 6.07) is 18.9. The van der Waals surface area contributed by atoms with Crippen molar-refractivity contribution in [1.29, 1.82) is 0 Å². The molecule has 0 aromatic heterocycles. The van der Waals surface area contributed by atoms with Gasteiger partial charge in [0.1, 0.15) is 5.70 Å². The fourth-order valence-corrected chi connectivity index (χ4v) is 3.21. The van der Waals surface area contributed by atoms with Crippen LogP contribution in [0.1, 0.15) is 29.8 Å². The summed E-state index contributed by atoms with van der Waals surface area (Å²) in [6.45, 7) is 3.95. The van der Waals surface area contributed by atoms with Crippen molar-refractivity contribution in [1.82, 2.24) is 9.80 Å². The van der Waals surface area contributed by atoms with Crippen molar-refractivity contribution in [3.05, 3.63) is 77.7 Å². The van der Waals surface area contributed by atoms with Gasteiger partial charge in [0.25, 0.3) is 5.91 Å². The summed E-state index contributed by atoms with van der Waals surface area (Å²) >= 11 is 0. The van der Waals surface area contributed by atoms with Crippen LogP contribution in [0.5, 0.6) is 0 Å². The Labute approximate surface area is 160 Å². The minimum Gasteiger partial charge on any atom is -0.462 e. The average Bonchev–Trinajstić information content (AvgIpc) is 2.98. The molecule has 1 amide bonds. The van der Waals surface area contributed by atoms with Crippen LogP contribution >= 0.6 is 0 Å². The Morgan fingerprint density at radius 3 is 1.89 bits per heavy atom. The van der Waals surface area contributed by atoms with Gasteiger partial charge < -0.3 is 14.5 Å². The zero-order chi connectivity index (χ0) is 19.6. The Morgan fingerprint density at radius 1 is 0.889 bits per heavy atom. The van der Waals surface area contributed by atoms with Crippen LogP contribution in [0.25, 0.3) is 5.70 Å². The summed E-state index contributed by atoms with van der Waals surface area (Å²) in [7, 11) is 5.63. The Morgan fingerprint density at radius 2 is 1.41 bits per heavy atom. The fraction of sp³-hybridized carbons (Fsp3) is 0.273. The molecule has 1 heterocycles. The zero-order valence-corrected chi connectivity index (χ0v) is 16.4. The number of amidine groups is 1. The molecule has 27 heavy (non-hydrogen) atoms. The summed E-state index contributed by atoms with van der Waals surface area (Å²) in [5.41, 5.74) is 1.56. The fourth-order valence-electron chi connectivity index (χ4n) is 3.21. The van der Waals surface area contributed by atoms with Gasteiger partial charge in [-0.3, -0.25) is 4.79 Å². The van der Waals surface area contributed by atoms with E-state index in [2.05, 4.69) is 0 Å². The van der Waals surface area contributed by atoms with Crippen LogP contribution in [-0.4, -0.2) is 48.3 Å². The molecule has 1 aliphatic heterocycles. The molecule has 0 aliphatic carbocycles. The monoisotopic (exact) mass is 363 g/mol. The number of hydrogen-bond donors (Lipinski definition) is 0. The van der Waals surface area contributed by atoms with Crippen molar-refractivity contribution in [3.8, 4) is 0 Å². The van der Waals surface area contributed by atoms with Gasteiger partial charge in [0.2, 0.25) is 5.88 Å². The lowest BCUT2D eigenvalue weighted by atomic mass is 10.1. The number of aliphatic imine (C=N–C) groups is 1. The number of nitrogens with zero attached hydrogens (tertiary/aromatic N) is 3. The topological polar surface area (TPSA) is 45.1 Å². The molecular formula is C22H25N3O2. The second-order valence-electron chi connectivity index (χ2n) is 7.19. The van der Waals surface area contributed by atoms with Crippen molar-refractivity contribution in [2.45, 2.75) is 19.4 Å². The van der Waals surface area contributed by atoms with Gasteiger partial charge in [-0.25, -0.2) is 0 Å². The maximum absolute atomic E-state index is 13.1. The van der Waals surface area contributed by atoms with Crippen LogP contribution in [0.4, 0.5) is 0 Å². The normalized spacial score (nSPS) is 17.0. The molecule has 5 heteroatoms. The SMILES string of the molecule is CN(C)C1=N/C(=C(\c2ccccc2)N(C)C(=O)c2ccccc2)OC1(C)C. The average molecular weight is 363 g/mol. The number of ether oxygens (including phenoxy) is 1. The third kappa shape index (κ3) is 3.72. The molecule has 0 unspecified atom stereocenters. The van der Waals surface area contributed by atoms with E-state index in [1.54, 1.807) is 24.1 Å². The second-order valence-corrected chi connectivity index (χ2v) is 7.19. The van der Waals surface area contributed by atoms with E-state index in [9.17, 15) is 4.79 Å². The first-order chi connectivity index (χ1) is 12.8. The smallest absolute Gasteiger partial charge is 0.258 e. The first kappa shape index (κ1) is 18.7. The van der Waals surface area contributed by atoms with Crippen molar-refractivity contribution in [2.24, 2.45) is 4.99 Å². The summed E-state index contributed by atoms with van der Waals surface area (Å²) in [5.74, 6) is 1.14. The van der Waals surface area contributed by atoms with Gasteiger partial charge in [-0.2, -0.15) is 4.99 Å². The molecule has 140 valence electrons. The van der Waals surface area contributed by atoms with Crippen LogP contribution in [0, 0.1) is 0 Å².